The van der Waals surface area contributed by atoms with Gasteiger partial charge in [-0.15, -0.1) is 0 Å². The van der Waals surface area contributed by atoms with Crippen LogP contribution in [0.5, 0.6) is 0 Å². The highest BCUT2D eigenvalue weighted by atomic mass is 79.9. The van der Waals surface area contributed by atoms with E-state index < -0.39 is 0 Å². The Kier molecular flexibility index (Phi) is 6.28. The smallest absolute Gasteiger partial charge is 0.0410 e. The van der Waals surface area contributed by atoms with Gasteiger partial charge in [0.25, 0.3) is 0 Å². The minimum Gasteiger partial charge on any atom is -0.313 e. The molecule has 4 heteroatoms. The van der Waals surface area contributed by atoms with Crippen molar-refractivity contribution in [3.8, 4) is 0 Å². The molecular formula is C15H24BrN3. The number of pyridine rings is 1. The molecule has 1 fully saturated rings. The number of halogens is 1. The van der Waals surface area contributed by atoms with Gasteiger partial charge in [-0.3, -0.25) is 4.98 Å². The van der Waals surface area contributed by atoms with E-state index in [1.807, 2.05) is 12.4 Å². The Bertz CT molecular complexity index is 375. The lowest BCUT2D eigenvalue weighted by atomic mass is 9.99. The Morgan fingerprint density at radius 2 is 2.16 bits per heavy atom. The van der Waals surface area contributed by atoms with Gasteiger partial charge < -0.3 is 10.2 Å². The van der Waals surface area contributed by atoms with Gasteiger partial charge in [0.15, 0.2) is 0 Å². The van der Waals surface area contributed by atoms with Crippen molar-refractivity contribution < 1.29 is 0 Å². The number of nitrogens with one attached hydrogen (secondary N) is 1. The van der Waals surface area contributed by atoms with Crippen molar-refractivity contribution in [2.24, 2.45) is 5.92 Å². The Balaban J connectivity index is 1.55. The molecule has 0 aliphatic carbocycles. The Labute approximate surface area is 124 Å². The molecule has 1 aliphatic rings. The van der Waals surface area contributed by atoms with E-state index in [0.717, 1.165) is 23.5 Å². The second-order valence-electron chi connectivity index (χ2n) is 5.57. The molecule has 0 spiro atoms. The number of likely N-dealkylation sites (tertiary alicyclic amines) is 1. The lowest BCUT2D eigenvalue weighted by Crippen LogP contribution is -2.34. The first-order valence-electron chi connectivity index (χ1n) is 7.26. The molecule has 1 aromatic heterocycles. The van der Waals surface area contributed by atoms with Gasteiger partial charge in [-0.25, -0.2) is 0 Å². The molecule has 1 N–H and O–H groups in total. The molecule has 0 aromatic carbocycles. The van der Waals surface area contributed by atoms with Gasteiger partial charge in [-0.05, 0) is 78.9 Å². The average Bonchev–Trinajstić information content (AvgIpc) is 2.41. The van der Waals surface area contributed by atoms with Crippen molar-refractivity contribution in [1.29, 1.82) is 0 Å². The van der Waals surface area contributed by atoms with E-state index in [1.54, 1.807) is 0 Å². The van der Waals surface area contributed by atoms with Gasteiger partial charge in [0.2, 0.25) is 0 Å². The monoisotopic (exact) mass is 325 g/mol. The molecular weight excluding hydrogens is 302 g/mol. The van der Waals surface area contributed by atoms with Gasteiger partial charge in [0, 0.05) is 23.4 Å². The third kappa shape index (κ3) is 5.59. The number of hydrogen-bond acceptors (Lipinski definition) is 3. The third-order valence-electron chi connectivity index (χ3n) is 3.79. The number of rotatable bonds is 6. The maximum Gasteiger partial charge on any atom is 0.0410 e. The first kappa shape index (κ1) is 14.9. The van der Waals surface area contributed by atoms with E-state index in [2.05, 4.69) is 44.1 Å². The van der Waals surface area contributed by atoms with Crippen LogP contribution in [-0.4, -0.2) is 36.1 Å². The molecule has 0 unspecified atom stereocenters. The summed E-state index contributed by atoms with van der Waals surface area (Å²) in [4.78, 5) is 6.77. The topological polar surface area (TPSA) is 28.2 Å². The minimum atomic E-state index is 0.906. The zero-order valence-electron chi connectivity index (χ0n) is 11.7. The predicted molar refractivity (Wildman–Crippen MR) is 83.1 cm³/mol. The van der Waals surface area contributed by atoms with Crippen LogP contribution in [-0.2, 0) is 6.54 Å². The molecule has 2 heterocycles. The number of hydrogen-bond donors (Lipinski definition) is 1. The second-order valence-corrected chi connectivity index (χ2v) is 6.48. The summed E-state index contributed by atoms with van der Waals surface area (Å²) >= 11 is 3.44. The summed E-state index contributed by atoms with van der Waals surface area (Å²) in [5.41, 5.74) is 1.24. The number of piperidine rings is 1. The van der Waals surface area contributed by atoms with E-state index in [9.17, 15) is 0 Å². The Morgan fingerprint density at radius 3 is 2.89 bits per heavy atom. The molecule has 0 amide bonds. The summed E-state index contributed by atoms with van der Waals surface area (Å²) in [6.07, 6.45) is 7.72. The van der Waals surface area contributed by atoms with Crippen molar-refractivity contribution >= 4 is 15.9 Å². The van der Waals surface area contributed by atoms with E-state index in [1.165, 1.54) is 44.5 Å². The van der Waals surface area contributed by atoms with Crippen molar-refractivity contribution in [1.82, 2.24) is 15.2 Å². The summed E-state index contributed by atoms with van der Waals surface area (Å²) in [5, 5.41) is 3.49. The van der Waals surface area contributed by atoms with Crippen LogP contribution in [0.3, 0.4) is 0 Å². The zero-order chi connectivity index (χ0) is 13.5. The van der Waals surface area contributed by atoms with Crippen LogP contribution in [0, 0.1) is 5.92 Å². The fourth-order valence-corrected chi connectivity index (χ4v) is 2.91. The molecule has 3 nitrogen and oxygen atoms in total. The summed E-state index contributed by atoms with van der Waals surface area (Å²) in [6, 6.07) is 2.12. The van der Waals surface area contributed by atoms with Crippen molar-refractivity contribution in [3.63, 3.8) is 0 Å². The molecule has 0 bridgehead atoms. The third-order valence-corrected chi connectivity index (χ3v) is 4.23. The van der Waals surface area contributed by atoms with Gasteiger partial charge >= 0.3 is 0 Å². The predicted octanol–water partition coefficient (Wildman–Crippen LogP) is 3.06. The number of aromatic nitrogens is 1. The summed E-state index contributed by atoms with van der Waals surface area (Å²) < 4.78 is 1.05. The maximum atomic E-state index is 4.17. The van der Waals surface area contributed by atoms with Gasteiger partial charge in [-0.2, -0.15) is 0 Å². The SMILES string of the molecule is CC1CCN(CCCNCc2cncc(Br)c2)CC1. The molecule has 106 valence electrons. The molecule has 0 radical (unpaired) electrons. The van der Waals surface area contributed by atoms with Crippen molar-refractivity contribution in [3.05, 3.63) is 28.5 Å². The van der Waals surface area contributed by atoms with E-state index >= 15 is 0 Å². The van der Waals surface area contributed by atoms with Crippen molar-refractivity contribution in [2.45, 2.75) is 32.7 Å². The highest BCUT2D eigenvalue weighted by Crippen LogP contribution is 2.15. The quantitative estimate of drug-likeness (QED) is 0.815. The minimum absolute atomic E-state index is 0.906. The lowest BCUT2D eigenvalue weighted by molar-refractivity contribution is 0.190. The maximum absolute atomic E-state index is 4.17. The van der Waals surface area contributed by atoms with Crippen LogP contribution >= 0.6 is 15.9 Å². The van der Waals surface area contributed by atoms with E-state index in [0.29, 0.717) is 0 Å². The first-order valence-corrected chi connectivity index (χ1v) is 8.06. The van der Waals surface area contributed by atoms with Gasteiger partial charge in [0.1, 0.15) is 0 Å². The van der Waals surface area contributed by atoms with Gasteiger partial charge in [-0.1, -0.05) is 6.92 Å². The second kappa shape index (κ2) is 7.98. The molecule has 1 aliphatic heterocycles. The van der Waals surface area contributed by atoms with Gasteiger partial charge in [0.05, 0.1) is 0 Å². The fraction of sp³-hybridized carbons (Fsp3) is 0.667. The fourth-order valence-electron chi connectivity index (χ4n) is 2.50. The van der Waals surface area contributed by atoms with Crippen LogP contribution in [0.25, 0.3) is 0 Å². The van der Waals surface area contributed by atoms with Crippen LogP contribution in [0.4, 0.5) is 0 Å². The summed E-state index contributed by atoms with van der Waals surface area (Å²) in [5.74, 6) is 0.929. The highest BCUT2D eigenvalue weighted by Gasteiger charge is 2.14. The summed E-state index contributed by atoms with van der Waals surface area (Å²) in [6.45, 7) is 8.16. The lowest BCUT2D eigenvalue weighted by Gasteiger charge is -2.30. The molecule has 2 rings (SSSR count). The Hall–Kier alpha value is -0.450. The average molecular weight is 326 g/mol. The van der Waals surface area contributed by atoms with Crippen molar-refractivity contribution in [2.75, 3.05) is 26.2 Å². The van der Waals surface area contributed by atoms with E-state index in [4.69, 9.17) is 0 Å². The Morgan fingerprint density at radius 1 is 1.37 bits per heavy atom. The van der Waals surface area contributed by atoms with Crippen LogP contribution < -0.4 is 5.32 Å². The number of nitrogens with zero attached hydrogens (tertiary/aromatic N) is 2. The summed E-state index contributed by atoms with van der Waals surface area (Å²) in [7, 11) is 0. The van der Waals surface area contributed by atoms with Crippen LogP contribution in [0.2, 0.25) is 0 Å². The van der Waals surface area contributed by atoms with E-state index in [-0.39, 0.29) is 0 Å². The molecule has 1 aromatic rings. The standard InChI is InChI=1S/C15H24BrN3/c1-13-3-7-19(8-4-13)6-2-5-17-10-14-9-15(16)12-18-11-14/h9,11-13,17H,2-8,10H2,1H3. The molecule has 1 saturated heterocycles. The largest absolute Gasteiger partial charge is 0.313 e. The normalized spacial score (nSPS) is 17.8. The first-order chi connectivity index (χ1) is 9.24. The van der Waals surface area contributed by atoms with Crippen LogP contribution in [0.1, 0.15) is 31.7 Å². The molecule has 0 saturated carbocycles. The zero-order valence-corrected chi connectivity index (χ0v) is 13.3. The molecule has 0 atom stereocenters. The highest BCUT2D eigenvalue weighted by molar-refractivity contribution is 9.10. The van der Waals surface area contributed by atoms with Crippen LogP contribution in [0.15, 0.2) is 22.9 Å². The molecule has 19 heavy (non-hydrogen) atoms.